The van der Waals surface area contributed by atoms with Crippen molar-refractivity contribution in [2.75, 3.05) is 18.1 Å². The number of hydrogen-bond donors (Lipinski definition) is 3. The lowest BCUT2D eigenvalue weighted by Crippen LogP contribution is -2.36. The topological polar surface area (TPSA) is 103 Å². The number of nitrogens with zero attached hydrogens (tertiary/aromatic N) is 1. The van der Waals surface area contributed by atoms with Crippen LogP contribution in [0.3, 0.4) is 0 Å². The third-order valence-corrected chi connectivity index (χ3v) is 3.58. The van der Waals surface area contributed by atoms with Gasteiger partial charge in [0.15, 0.2) is 12.4 Å². The first-order chi connectivity index (χ1) is 10.5. The lowest BCUT2D eigenvalue weighted by Gasteiger charge is -2.23. The number of hydrogen-bond acceptors (Lipinski definition) is 5. The van der Waals surface area contributed by atoms with Crippen LogP contribution in [0.5, 0.6) is 5.88 Å². The predicted octanol–water partition coefficient (Wildman–Crippen LogP) is 1.95. The van der Waals surface area contributed by atoms with Crippen molar-refractivity contribution in [3.8, 4) is 5.88 Å². The second kappa shape index (κ2) is 7.24. The van der Waals surface area contributed by atoms with Crippen LogP contribution in [0.25, 0.3) is 0 Å². The maximum atomic E-state index is 12.3. The Morgan fingerprint density at radius 3 is 2.68 bits per heavy atom. The molecule has 2 rings (SSSR count). The van der Waals surface area contributed by atoms with Gasteiger partial charge in [-0.1, -0.05) is 19.3 Å². The standard InChI is InChI=1S/C14H20F2N4O2/c15-11(16)7-22-14-9(6-10(17)12(18)20-14)13(21)19-8-4-2-1-3-5-8/h6,8,11H,1-5,7,17H2,(H2,18,20)(H,19,21). The molecule has 0 radical (unpaired) electrons. The molecule has 1 amide bonds. The smallest absolute Gasteiger partial charge is 0.272 e. The first kappa shape index (κ1) is 16.3. The van der Waals surface area contributed by atoms with E-state index < -0.39 is 18.9 Å². The number of aromatic nitrogens is 1. The van der Waals surface area contributed by atoms with E-state index in [0.29, 0.717) is 0 Å². The molecule has 1 saturated carbocycles. The number of amides is 1. The number of anilines is 2. The van der Waals surface area contributed by atoms with E-state index in [0.717, 1.165) is 32.1 Å². The van der Waals surface area contributed by atoms with Gasteiger partial charge in [0.1, 0.15) is 5.56 Å². The van der Waals surface area contributed by atoms with Crippen LogP contribution in [0.15, 0.2) is 6.07 Å². The molecule has 6 nitrogen and oxygen atoms in total. The van der Waals surface area contributed by atoms with Gasteiger partial charge < -0.3 is 21.5 Å². The van der Waals surface area contributed by atoms with Gasteiger partial charge in [0.05, 0.1) is 5.69 Å². The van der Waals surface area contributed by atoms with E-state index in [-0.39, 0.29) is 29.0 Å². The zero-order valence-electron chi connectivity index (χ0n) is 12.1. The number of ether oxygens (including phenoxy) is 1. The van der Waals surface area contributed by atoms with E-state index in [4.69, 9.17) is 16.2 Å². The summed E-state index contributed by atoms with van der Waals surface area (Å²) in [6.07, 6.45) is 2.40. The molecular weight excluding hydrogens is 294 g/mol. The highest BCUT2D eigenvalue weighted by atomic mass is 19.3. The lowest BCUT2D eigenvalue weighted by molar-refractivity contribution is 0.0770. The maximum Gasteiger partial charge on any atom is 0.272 e. The highest BCUT2D eigenvalue weighted by molar-refractivity contribution is 5.98. The van der Waals surface area contributed by atoms with Crippen LogP contribution in [0.2, 0.25) is 0 Å². The Labute approximate surface area is 127 Å². The number of rotatable bonds is 5. The first-order valence-electron chi connectivity index (χ1n) is 7.25. The normalized spacial score (nSPS) is 15.8. The van der Waals surface area contributed by atoms with Gasteiger partial charge in [-0.05, 0) is 18.9 Å². The third kappa shape index (κ3) is 4.19. The average Bonchev–Trinajstić information content (AvgIpc) is 2.49. The number of carbonyl (C=O) groups is 1. The summed E-state index contributed by atoms with van der Waals surface area (Å²) in [7, 11) is 0. The van der Waals surface area contributed by atoms with Gasteiger partial charge in [-0.15, -0.1) is 0 Å². The van der Waals surface area contributed by atoms with Gasteiger partial charge in [-0.2, -0.15) is 4.98 Å². The number of carbonyl (C=O) groups excluding carboxylic acids is 1. The molecule has 122 valence electrons. The van der Waals surface area contributed by atoms with Crippen molar-refractivity contribution in [1.82, 2.24) is 10.3 Å². The van der Waals surface area contributed by atoms with Crippen LogP contribution in [0.4, 0.5) is 20.3 Å². The van der Waals surface area contributed by atoms with E-state index in [1.165, 1.54) is 6.07 Å². The fourth-order valence-electron chi connectivity index (χ4n) is 2.45. The summed E-state index contributed by atoms with van der Waals surface area (Å²) in [5.41, 5.74) is 11.3. The summed E-state index contributed by atoms with van der Waals surface area (Å²) < 4.78 is 29.5. The molecule has 0 saturated heterocycles. The summed E-state index contributed by atoms with van der Waals surface area (Å²) in [5.74, 6) is -0.714. The molecule has 1 aliphatic rings. The second-order valence-electron chi connectivity index (χ2n) is 5.33. The number of nitrogens with one attached hydrogen (secondary N) is 1. The fourth-order valence-corrected chi connectivity index (χ4v) is 2.45. The quantitative estimate of drug-likeness (QED) is 0.771. The highest BCUT2D eigenvalue weighted by Crippen LogP contribution is 2.25. The van der Waals surface area contributed by atoms with Gasteiger partial charge in [0.2, 0.25) is 5.88 Å². The van der Waals surface area contributed by atoms with E-state index >= 15 is 0 Å². The average molecular weight is 314 g/mol. The van der Waals surface area contributed by atoms with Crippen LogP contribution in [-0.2, 0) is 0 Å². The molecule has 1 aromatic heterocycles. The Balaban J connectivity index is 2.15. The Kier molecular flexibility index (Phi) is 5.35. The summed E-state index contributed by atoms with van der Waals surface area (Å²) in [6.45, 7) is -0.861. The van der Waals surface area contributed by atoms with Crippen LogP contribution in [0, 0.1) is 0 Å². The van der Waals surface area contributed by atoms with Crippen molar-refractivity contribution in [3.63, 3.8) is 0 Å². The Bertz CT molecular complexity index is 534. The van der Waals surface area contributed by atoms with Gasteiger partial charge in [-0.3, -0.25) is 4.79 Å². The van der Waals surface area contributed by atoms with Crippen LogP contribution >= 0.6 is 0 Å². The van der Waals surface area contributed by atoms with Gasteiger partial charge in [0, 0.05) is 6.04 Å². The molecule has 5 N–H and O–H groups in total. The maximum absolute atomic E-state index is 12.3. The van der Waals surface area contributed by atoms with E-state index in [1.807, 2.05) is 0 Å². The molecule has 0 bridgehead atoms. The van der Waals surface area contributed by atoms with E-state index in [1.54, 1.807) is 0 Å². The largest absolute Gasteiger partial charge is 0.471 e. The van der Waals surface area contributed by atoms with Crippen molar-refractivity contribution >= 4 is 17.4 Å². The number of alkyl halides is 2. The lowest BCUT2D eigenvalue weighted by atomic mass is 9.95. The molecule has 0 aliphatic heterocycles. The van der Waals surface area contributed by atoms with Crippen molar-refractivity contribution in [2.24, 2.45) is 0 Å². The minimum atomic E-state index is -2.67. The molecule has 8 heteroatoms. The molecule has 1 heterocycles. The first-order valence-corrected chi connectivity index (χ1v) is 7.25. The van der Waals surface area contributed by atoms with Gasteiger partial charge in [0.25, 0.3) is 12.3 Å². The molecule has 1 aromatic rings. The summed E-state index contributed by atoms with van der Waals surface area (Å²) in [6, 6.07) is 1.38. The summed E-state index contributed by atoms with van der Waals surface area (Å²) >= 11 is 0. The fraction of sp³-hybridized carbons (Fsp3) is 0.571. The number of nitrogen functional groups attached to an aromatic ring is 2. The van der Waals surface area contributed by atoms with Crippen molar-refractivity contribution < 1.29 is 18.3 Å². The van der Waals surface area contributed by atoms with Crippen LogP contribution < -0.4 is 21.5 Å². The Morgan fingerprint density at radius 1 is 1.36 bits per heavy atom. The number of nitrogens with two attached hydrogens (primary N) is 2. The second-order valence-corrected chi connectivity index (χ2v) is 5.33. The third-order valence-electron chi connectivity index (χ3n) is 3.58. The molecule has 0 spiro atoms. The Hall–Kier alpha value is -2.12. The predicted molar refractivity (Wildman–Crippen MR) is 78.9 cm³/mol. The highest BCUT2D eigenvalue weighted by Gasteiger charge is 2.22. The molecular formula is C14H20F2N4O2. The SMILES string of the molecule is Nc1cc(C(=O)NC2CCCCC2)c(OCC(F)F)nc1N. The molecule has 22 heavy (non-hydrogen) atoms. The van der Waals surface area contributed by atoms with Crippen molar-refractivity contribution in [1.29, 1.82) is 0 Å². The summed E-state index contributed by atoms with van der Waals surface area (Å²) in [4.78, 5) is 16.1. The van der Waals surface area contributed by atoms with E-state index in [2.05, 4.69) is 10.3 Å². The monoisotopic (exact) mass is 314 g/mol. The van der Waals surface area contributed by atoms with Crippen LogP contribution in [-0.4, -0.2) is 30.0 Å². The number of pyridine rings is 1. The molecule has 1 aliphatic carbocycles. The zero-order chi connectivity index (χ0) is 16.1. The minimum Gasteiger partial charge on any atom is -0.471 e. The van der Waals surface area contributed by atoms with Crippen molar-refractivity contribution in [2.45, 2.75) is 44.6 Å². The molecule has 0 unspecified atom stereocenters. The van der Waals surface area contributed by atoms with Crippen LogP contribution in [0.1, 0.15) is 42.5 Å². The van der Waals surface area contributed by atoms with Gasteiger partial charge in [-0.25, -0.2) is 8.78 Å². The van der Waals surface area contributed by atoms with Crippen molar-refractivity contribution in [3.05, 3.63) is 11.6 Å². The Morgan fingerprint density at radius 2 is 2.05 bits per heavy atom. The molecule has 0 aromatic carbocycles. The van der Waals surface area contributed by atoms with Gasteiger partial charge >= 0.3 is 0 Å². The number of halogens is 2. The molecule has 1 fully saturated rings. The minimum absolute atomic E-state index is 0.0259. The summed E-state index contributed by atoms with van der Waals surface area (Å²) in [5, 5.41) is 2.87. The molecule has 0 atom stereocenters. The van der Waals surface area contributed by atoms with E-state index in [9.17, 15) is 13.6 Å². The zero-order valence-corrected chi connectivity index (χ0v) is 12.1.